The molecule has 0 radical (unpaired) electrons. The summed E-state index contributed by atoms with van der Waals surface area (Å²) < 4.78 is 2.06. The molecule has 0 spiro atoms. The zero-order chi connectivity index (χ0) is 12.8. The van der Waals surface area contributed by atoms with Gasteiger partial charge in [-0.05, 0) is 31.4 Å². The van der Waals surface area contributed by atoms with E-state index in [1.165, 1.54) is 0 Å². The topological polar surface area (TPSA) is 63.6 Å². The summed E-state index contributed by atoms with van der Waals surface area (Å²) in [5.74, 6) is 0. The van der Waals surface area contributed by atoms with Crippen molar-refractivity contribution in [3.63, 3.8) is 0 Å². The SMILES string of the molecule is O=c1c2c(n(-c3ccccc3)c3n[nH]nc13)CCC2. The second-order valence-corrected chi connectivity index (χ2v) is 4.77. The summed E-state index contributed by atoms with van der Waals surface area (Å²) in [5, 5.41) is 10.7. The van der Waals surface area contributed by atoms with Gasteiger partial charge in [0.05, 0.1) is 0 Å². The van der Waals surface area contributed by atoms with Gasteiger partial charge in [0.1, 0.15) is 0 Å². The largest absolute Gasteiger partial charge is 0.295 e. The van der Waals surface area contributed by atoms with Crippen LogP contribution in [0.15, 0.2) is 35.1 Å². The van der Waals surface area contributed by atoms with E-state index in [4.69, 9.17) is 0 Å². The summed E-state index contributed by atoms with van der Waals surface area (Å²) in [6.45, 7) is 0. The zero-order valence-corrected chi connectivity index (χ0v) is 10.3. The van der Waals surface area contributed by atoms with Gasteiger partial charge in [0.2, 0.25) is 5.43 Å². The minimum Gasteiger partial charge on any atom is -0.295 e. The molecular formula is C14H12N4O. The summed E-state index contributed by atoms with van der Waals surface area (Å²) in [6.07, 6.45) is 2.78. The number of pyridine rings is 1. The maximum absolute atomic E-state index is 12.3. The van der Waals surface area contributed by atoms with Gasteiger partial charge >= 0.3 is 0 Å². The average Bonchev–Trinajstić information content (AvgIpc) is 3.09. The van der Waals surface area contributed by atoms with Gasteiger partial charge in [-0.1, -0.05) is 18.2 Å². The minimum absolute atomic E-state index is 0.0310. The predicted octanol–water partition coefficient (Wildman–Crippen LogP) is 1.60. The number of aromatic amines is 1. The van der Waals surface area contributed by atoms with Crippen LogP contribution in [0.2, 0.25) is 0 Å². The second kappa shape index (κ2) is 3.78. The minimum atomic E-state index is 0.0310. The number of fused-ring (bicyclic) bond motifs is 2. The van der Waals surface area contributed by atoms with Crippen LogP contribution in [0.5, 0.6) is 0 Å². The molecule has 1 N–H and O–H groups in total. The second-order valence-electron chi connectivity index (χ2n) is 4.77. The molecule has 2 aromatic heterocycles. The summed E-state index contributed by atoms with van der Waals surface area (Å²) in [7, 11) is 0. The van der Waals surface area contributed by atoms with Crippen molar-refractivity contribution in [1.29, 1.82) is 0 Å². The van der Waals surface area contributed by atoms with Crippen LogP contribution in [0.1, 0.15) is 17.7 Å². The van der Waals surface area contributed by atoms with Gasteiger partial charge < -0.3 is 0 Å². The highest BCUT2D eigenvalue weighted by atomic mass is 16.1. The molecule has 5 nitrogen and oxygen atoms in total. The van der Waals surface area contributed by atoms with Gasteiger partial charge in [0.25, 0.3) is 0 Å². The Morgan fingerprint density at radius 2 is 1.95 bits per heavy atom. The first-order chi connectivity index (χ1) is 9.36. The molecule has 0 bridgehead atoms. The van der Waals surface area contributed by atoms with Gasteiger partial charge in [-0.3, -0.25) is 9.36 Å². The lowest BCUT2D eigenvalue weighted by molar-refractivity contribution is 0.867. The van der Waals surface area contributed by atoms with E-state index in [2.05, 4.69) is 20.0 Å². The van der Waals surface area contributed by atoms with Crippen molar-refractivity contribution in [2.75, 3.05) is 0 Å². The van der Waals surface area contributed by atoms with Gasteiger partial charge in [0.15, 0.2) is 11.2 Å². The van der Waals surface area contributed by atoms with E-state index in [0.717, 1.165) is 36.2 Å². The van der Waals surface area contributed by atoms with Crippen LogP contribution in [0.4, 0.5) is 0 Å². The van der Waals surface area contributed by atoms with E-state index in [1.807, 2.05) is 30.3 Å². The van der Waals surface area contributed by atoms with Crippen molar-refractivity contribution in [2.24, 2.45) is 0 Å². The van der Waals surface area contributed by atoms with Crippen molar-refractivity contribution < 1.29 is 0 Å². The van der Waals surface area contributed by atoms with Crippen LogP contribution >= 0.6 is 0 Å². The van der Waals surface area contributed by atoms with E-state index in [1.54, 1.807) is 0 Å². The van der Waals surface area contributed by atoms with E-state index in [-0.39, 0.29) is 5.43 Å². The lowest BCUT2D eigenvalue weighted by Gasteiger charge is -2.13. The Hall–Kier alpha value is -2.43. The highest BCUT2D eigenvalue weighted by Crippen LogP contribution is 2.25. The molecular weight excluding hydrogens is 240 g/mol. The number of rotatable bonds is 1. The smallest absolute Gasteiger partial charge is 0.214 e. The van der Waals surface area contributed by atoms with E-state index < -0.39 is 0 Å². The molecule has 1 aliphatic rings. The van der Waals surface area contributed by atoms with Crippen LogP contribution in [-0.4, -0.2) is 20.0 Å². The Bertz CT molecular complexity index is 817. The fourth-order valence-corrected chi connectivity index (χ4v) is 2.88. The third kappa shape index (κ3) is 1.38. The molecule has 4 rings (SSSR count). The molecule has 2 heterocycles. The van der Waals surface area contributed by atoms with Crippen LogP contribution in [0, 0.1) is 0 Å². The molecule has 1 aromatic carbocycles. The Balaban J connectivity index is 2.18. The summed E-state index contributed by atoms with van der Waals surface area (Å²) in [4.78, 5) is 12.3. The number of hydrogen-bond acceptors (Lipinski definition) is 3. The maximum atomic E-state index is 12.3. The molecule has 0 unspecified atom stereocenters. The first-order valence-electron chi connectivity index (χ1n) is 6.39. The summed E-state index contributed by atoms with van der Waals surface area (Å²) in [5.41, 5.74) is 4.09. The standard InChI is InChI=1S/C14H12N4O/c19-13-10-7-4-8-11(10)18(9-5-2-1-3-6-9)14-12(13)15-17-16-14/h1-3,5-6H,4,7-8H2,(H,15,16,17). The van der Waals surface area contributed by atoms with Crippen LogP contribution in [-0.2, 0) is 12.8 Å². The first-order valence-corrected chi connectivity index (χ1v) is 6.39. The number of nitrogens with one attached hydrogen (secondary N) is 1. The quantitative estimate of drug-likeness (QED) is 0.715. The third-order valence-corrected chi connectivity index (χ3v) is 3.70. The molecule has 5 heteroatoms. The Labute approximate surface area is 108 Å². The number of H-pyrrole nitrogens is 1. The lowest BCUT2D eigenvalue weighted by Crippen LogP contribution is -2.16. The monoisotopic (exact) mass is 252 g/mol. The average molecular weight is 252 g/mol. The van der Waals surface area contributed by atoms with Gasteiger partial charge in [-0.2, -0.15) is 10.3 Å². The van der Waals surface area contributed by atoms with E-state index in [0.29, 0.717) is 11.2 Å². The molecule has 94 valence electrons. The normalized spacial score (nSPS) is 13.9. The highest BCUT2D eigenvalue weighted by Gasteiger charge is 2.23. The van der Waals surface area contributed by atoms with Crippen molar-refractivity contribution in [3.8, 4) is 5.69 Å². The number of nitrogens with zero attached hydrogens (tertiary/aromatic N) is 3. The fraction of sp³-hybridized carbons (Fsp3) is 0.214. The van der Waals surface area contributed by atoms with Gasteiger partial charge in [-0.15, -0.1) is 5.10 Å². The van der Waals surface area contributed by atoms with Crippen LogP contribution in [0.25, 0.3) is 16.9 Å². The van der Waals surface area contributed by atoms with E-state index >= 15 is 0 Å². The van der Waals surface area contributed by atoms with Crippen LogP contribution < -0.4 is 5.43 Å². The maximum Gasteiger partial charge on any atom is 0.214 e. The Morgan fingerprint density at radius 1 is 1.11 bits per heavy atom. The lowest BCUT2D eigenvalue weighted by atomic mass is 10.2. The molecule has 3 aromatic rings. The first kappa shape index (κ1) is 10.5. The van der Waals surface area contributed by atoms with Crippen LogP contribution in [0.3, 0.4) is 0 Å². The molecule has 0 saturated carbocycles. The summed E-state index contributed by atoms with van der Waals surface area (Å²) in [6, 6.07) is 10.0. The molecule has 0 atom stereocenters. The van der Waals surface area contributed by atoms with Crippen molar-refractivity contribution in [3.05, 3.63) is 51.8 Å². The summed E-state index contributed by atoms with van der Waals surface area (Å²) >= 11 is 0. The Morgan fingerprint density at radius 3 is 2.79 bits per heavy atom. The molecule has 0 amide bonds. The molecule has 1 aliphatic carbocycles. The van der Waals surface area contributed by atoms with E-state index in [9.17, 15) is 4.79 Å². The van der Waals surface area contributed by atoms with Gasteiger partial charge in [0, 0.05) is 16.9 Å². The predicted molar refractivity (Wildman–Crippen MR) is 71.5 cm³/mol. The Kier molecular flexibility index (Phi) is 2.09. The highest BCUT2D eigenvalue weighted by molar-refractivity contribution is 5.74. The zero-order valence-electron chi connectivity index (χ0n) is 10.3. The van der Waals surface area contributed by atoms with Crippen molar-refractivity contribution in [2.45, 2.75) is 19.3 Å². The molecule has 0 saturated heterocycles. The van der Waals surface area contributed by atoms with Crippen molar-refractivity contribution in [1.82, 2.24) is 20.0 Å². The molecule has 19 heavy (non-hydrogen) atoms. The third-order valence-electron chi connectivity index (χ3n) is 3.70. The number of benzene rings is 1. The number of para-hydroxylation sites is 1. The van der Waals surface area contributed by atoms with Crippen molar-refractivity contribution >= 4 is 11.2 Å². The fourth-order valence-electron chi connectivity index (χ4n) is 2.88. The molecule has 0 fully saturated rings. The number of hydrogen-bond donors (Lipinski definition) is 1. The van der Waals surface area contributed by atoms with Gasteiger partial charge in [-0.25, -0.2) is 0 Å². The molecule has 0 aliphatic heterocycles. The number of aromatic nitrogens is 4.